The van der Waals surface area contributed by atoms with Gasteiger partial charge in [-0.05, 0) is 65.1 Å². The first-order valence-corrected chi connectivity index (χ1v) is 10.2. The lowest BCUT2D eigenvalue weighted by atomic mass is 10.0. The van der Waals surface area contributed by atoms with Gasteiger partial charge in [-0.25, -0.2) is 0 Å². The van der Waals surface area contributed by atoms with Gasteiger partial charge in [0.25, 0.3) is 0 Å². The molecule has 1 aliphatic carbocycles. The van der Waals surface area contributed by atoms with Crippen molar-refractivity contribution in [1.29, 1.82) is 0 Å². The van der Waals surface area contributed by atoms with E-state index in [-0.39, 0.29) is 0 Å². The van der Waals surface area contributed by atoms with E-state index in [2.05, 4.69) is 31.2 Å². The molecule has 1 fully saturated rings. The van der Waals surface area contributed by atoms with E-state index in [0.717, 1.165) is 29.0 Å². The van der Waals surface area contributed by atoms with Crippen molar-refractivity contribution in [3.63, 3.8) is 0 Å². The minimum Gasteiger partial charge on any atom is -0.178 e. The van der Waals surface area contributed by atoms with Gasteiger partial charge < -0.3 is 0 Å². The Morgan fingerprint density at radius 3 is 2.50 bits per heavy atom. The third-order valence-electron chi connectivity index (χ3n) is 4.73. The second-order valence-corrected chi connectivity index (χ2v) is 8.28. The smallest absolute Gasteiger partial charge is 0.178 e. The van der Waals surface area contributed by atoms with Crippen LogP contribution in [0.4, 0.5) is 5.69 Å². The number of benzene rings is 2. The number of thiol groups is 1. The van der Waals surface area contributed by atoms with Crippen LogP contribution in [0.15, 0.2) is 36.4 Å². The molecule has 3 rings (SSSR count). The summed E-state index contributed by atoms with van der Waals surface area (Å²) in [6, 6.07) is 11.9. The second kappa shape index (κ2) is 8.51. The molecule has 140 valence electrons. The van der Waals surface area contributed by atoms with Gasteiger partial charge in [-0.15, -0.1) is 5.43 Å². The van der Waals surface area contributed by atoms with Crippen molar-refractivity contribution in [2.75, 3.05) is 6.54 Å². The fraction of sp³-hybridized carbons (Fsp3) is 0.400. The van der Waals surface area contributed by atoms with Crippen molar-refractivity contribution in [3.8, 4) is 0 Å². The van der Waals surface area contributed by atoms with Crippen molar-refractivity contribution in [2.24, 2.45) is 0 Å². The van der Waals surface area contributed by atoms with Crippen LogP contribution < -0.4 is 9.59 Å². The summed E-state index contributed by atoms with van der Waals surface area (Å²) in [5.74, 6) is 0.617. The topological polar surface area (TPSA) is 32.3 Å². The molecule has 0 aromatic heterocycles. The van der Waals surface area contributed by atoms with Crippen molar-refractivity contribution in [1.82, 2.24) is 9.59 Å². The monoisotopic (exact) mass is 411 g/mol. The zero-order valence-electron chi connectivity index (χ0n) is 14.9. The van der Waals surface area contributed by atoms with Gasteiger partial charge in [0, 0.05) is 10.6 Å². The summed E-state index contributed by atoms with van der Waals surface area (Å²) in [5, 5.41) is 12.2. The Labute approximate surface area is 171 Å². The van der Waals surface area contributed by atoms with Crippen LogP contribution in [0.1, 0.15) is 48.8 Å². The minimum atomic E-state index is -0.733. The molecular formula is C20H25Cl2N2OS+. The average Bonchev–Trinajstić information content (AvgIpc) is 3.41. The van der Waals surface area contributed by atoms with E-state index in [1.165, 1.54) is 18.4 Å². The summed E-state index contributed by atoms with van der Waals surface area (Å²) in [7, 11) is 0. The van der Waals surface area contributed by atoms with Gasteiger partial charge in [-0.3, -0.25) is 0 Å². The quantitative estimate of drug-likeness (QED) is 0.278. The summed E-state index contributed by atoms with van der Waals surface area (Å²) >= 11 is 17.2. The van der Waals surface area contributed by atoms with Gasteiger partial charge in [0.1, 0.15) is 17.8 Å². The molecule has 0 amide bonds. The summed E-state index contributed by atoms with van der Waals surface area (Å²) in [4.78, 5) is 0. The predicted molar refractivity (Wildman–Crippen MR) is 113 cm³/mol. The third-order valence-corrected chi connectivity index (χ3v) is 5.73. The molecule has 1 aliphatic rings. The van der Waals surface area contributed by atoms with Gasteiger partial charge in [-0.1, -0.05) is 54.7 Å². The molecule has 1 saturated carbocycles. The largest absolute Gasteiger partial charge is 0.219 e. The lowest BCUT2D eigenvalue weighted by Gasteiger charge is -2.26. The number of rotatable bonds is 8. The van der Waals surface area contributed by atoms with E-state index in [1.807, 2.05) is 30.3 Å². The number of hydrogen-bond donors (Lipinski definition) is 3. The Hall–Kier alpha value is -0.750. The van der Waals surface area contributed by atoms with Crippen molar-refractivity contribution >= 4 is 41.7 Å². The number of quaternary nitrogens is 1. The summed E-state index contributed by atoms with van der Waals surface area (Å²) in [5.41, 5.74) is 7.02. The Bertz CT molecular complexity index is 778. The van der Waals surface area contributed by atoms with Crippen LogP contribution in [-0.4, -0.2) is 11.8 Å². The standard InChI is InChI=1S/C20H25Cl2N2OS/c1-2-5-16-12-17(14-8-9-14)13-19(22)20(16)24(25,26)23-11-10-15-6-3-4-7-18(15)21/h3-4,6-7,12-14,23,25-26H,2,5,8-11H2,1H3/q+1. The molecule has 0 bridgehead atoms. The van der Waals surface area contributed by atoms with Gasteiger partial charge in [0.05, 0.1) is 6.54 Å². The average molecular weight is 412 g/mol. The van der Waals surface area contributed by atoms with Gasteiger partial charge >= 0.3 is 0 Å². The predicted octanol–water partition coefficient (Wildman–Crippen LogP) is 6.11. The fourth-order valence-electron chi connectivity index (χ4n) is 3.27. The molecular weight excluding hydrogens is 387 g/mol. The first-order valence-electron chi connectivity index (χ1n) is 9.08. The van der Waals surface area contributed by atoms with Crippen LogP contribution in [-0.2, 0) is 12.8 Å². The van der Waals surface area contributed by atoms with E-state index in [4.69, 9.17) is 23.2 Å². The highest BCUT2D eigenvalue weighted by Crippen LogP contribution is 2.45. The molecule has 0 radical (unpaired) electrons. The van der Waals surface area contributed by atoms with Gasteiger partial charge in [-0.2, -0.15) is 5.21 Å². The molecule has 1 atom stereocenters. The van der Waals surface area contributed by atoms with Gasteiger partial charge in [0.15, 0.2) is 0 Å². The van der Waals surface area contributed by atoms with E-state index in [9.17, 15) is 5.21 Å². The zero-order chi connectivity index (χ0) is 18.7. The van der Waals surface area contributed by atoms with E-state index >= 15 is 0 Å². The third kappa shape index (κ3) is 4.75. The SMILES string of the molecule is CCCc1cc(C2CC2)cc(Cl)c1[N+](O)(S)NCCc1ccccc1Cl. The molecule has 1 unspecified atom stereocenters. The van der Waals surface area contributed by atoms with Crippen LogP contribution >= 0.6 is 36.0 Å². The molecule has 0 heterocycles. The molecule has 2 N–H and O–H groups in total. The molecule has 6 heteroatoms. The number of nitrogens with one attached hydrogen (secondary N) is 1. The first kappa shape index (κ1) is 20.0. The summed E-state index contributed by atoms with van der Waals surface area (Å²) in [6.45, 7) is 2.63. The molecule has 0 aliphatic heterocycles. The number of nitrogens with zero attached hydrogens (tertiary/aromatic N) is 1. The molecule has 0 spiro atoms. The van der Waals surface area contributed by atoms with Crippen molar-refractivity contribution in [3.05, 3.63) is 63.1 Å². The van der Waals surface area contributed by atoms with Crippen LogP contribution in [0.3, 0.4) is 0 Å². The van der Waals surface area contributed by atoms with Crippen LogP contribution in [0, 0.1) is 0 Å². The Morgan fingerprint density at radius 2 is 1.85 bits per heavy atom. The normalized spacial score (nSPS) is 16.5. The Kier molecular flexibility index (Phi) is 6.54. The van der Waals surface area contributed by atoms with E-state index in [1.54, 1.807) is 0 Å². The minimum absolute atomic E-state index is 0.510. The molecule has 26 heavy (non-hydrogen) atoms. The van der Waals surface area contributed by atoms with Gasteiger partial charge in [0.2, 0.25) is 5.69 Å². The molecule has 2 aromatic carbocycles. The van der Waals surface area contributed by atoms with E-state index < -0.39 is 4.16 Å². The summed E-state index contributed by atoms with van der Waals surface area (Å²) in [6.07, 6.45) is 4.95. The maximum absolute atomic E-state index is 10.9. The fourth-order valence-corrected chi connectivity index (χ4v) is 4.26. The van der Waals surface area contributed by atoms with Crippen LogP contribution in [0.25, 0.3) is 0 Å². The highest BCUT2D eigenvalue weighted by molar-refractivity contribution is 7.79. The number of halogens is 2. The maximum Gasteiger partial charge on any atom is 0.219 e. The molecule has 0 saturated heterocycles. The Balaban J connectivity index is 1.78. The highest BCUT2D eigenvalue weighted by Gasteiger charge is 2.34. The highest BCUT2D eigenvalue weighted by atomic mass is 35.5. The molecule has 3 nitrogen and oxygen atoms in total. The number of hydrogen-bond acceptors (Lipinski definition) is 3. The van der Waals surface area contributed by atoms with Crippen molar-refractivity contribution < 1.29 is 5.21 Å². The van der Waals surface area contributed by atoms with E-state index in [0.29, 0.717) is 29.6 Å². The number of aryl methyl sites for hydroxylation is 1. The molecule has 2 aromatic rings. The zero-order valence-corrected chi connectivity index (χ0v) is 17.3. The van der Waals surface area contributed by atoms with Crippen molar-refractivity contribution in [2.45, 2.75) is 44.9 Å². The van der Waals surface area contributed by atoms with Crippen LogP contribution in [0.5, 0.6) is 0 Å². The lowest BCUT2D eigenvalue weighted by Crippen LogP contribution is -2.50. The summed E-state index contributed by atoms with van der Waals surface area (Å²) < 4.78 is -0.733. The Morgan fingerprint density at radius 1 is 1.12 bits per heavy atom. The first-order chi connectivity index (χ1) is 12.4. The maximum atomic E-state index is 10.9. The second-order valence-electron chi connectivity index (χ2n) is 6.89. The lowest BCUT2D eigenvalue weighted by molar-refractivity contribution is -0.0208. The van der Waals surface area contributed by atoms with Crippen LogP contribution in [0.2, 0.25) is 10.0 Å².